The van der Waals surface area contributed by atoms with Crippen LogP contribution in [0.15, 0.2) is 77.6 Å². The van der Waals surface area contributed by atoms with E-state index in [0.29, 0.717) is 11.9 Å². The third-order valence-electron chi connectivity index (χ3n) is 5.37. The number of aryl methyl sites for hydroxylation is 2. The number of aromatic nitrogens is 2. The molecule has 0 fully saturated rings. The lowest BCUT2D eigenvalue weighted by Gasteiger charge is -2.14. The van der Waals surface area contributed by atoms with Gasteiger partial charge in [0.15, 0.2) is 3.95 Å². The predicted molar refractivity (Wildman–Crippen MR) is 128 cm³/mol. The highest BCUT2D eigenvalue weighted by Crippen LogP contribution is 2.33. The van der Waals surface area contributed by atoms with Crippen molar-refractivity contribution < 1.29 is 0 Å². The zero-order chi connectivity index (χ0) is 20.8. The summed E-state index contributed by atoms with van der Waals surface area (Å²) in [6, 6.07) is 24.4. The summed E-state index contributed by atoms with van der Waals surface area (Å²) >= 11 is 7.35. The normalized spacial score (nSPS) is 11.4. The standard InChI is InChI=1S/C25H20N2OS2/c1-16-7-5-9-18(13-16)15-26-23-22(19-10-6-8-17(2)14-19)30-25(29)27(23)21-12-4-3-11-20(21)24(26)28/h3-14H,15H2,1-2H3. The van der Waals surface area contributed by atoms with Gasteiger partial charge >= 0.3 is 0 Å². The van der Waals surface area contributed by atoms with Crippen molar-refractivity contribution in [3.63, 3.8) is 0 Å². The molecule has 0 aliphatic rings. The first-order valence-corrected chi connectivity index (χ1v) is 11.0. The molecule has 148 valence electrons. The number of hydrogen-bond donors (Lipinski definition) is 0. The molecule has 5 aromatic rings. The third kappa shape index (κ3) is 3.11. The summed E-state index contributed by atoms with van der Waals surface area (Å²) in [5.41, 5.74) is 6.27. The van der Waals surface area contributed by atoms with Gasteiger partial charge in [0.25, 0.3) is 5.56 Å². The Hall–Kier alpha value is -3.02. The summed E-state index contributed by atoms with van der Waals surface area (Å²) in [7, 11) is 0. The van der Waals surface area contributed by atoms with Gasteiger partial charge in [-0.15, -0.1) is 11.3 Å². The second kappa shape index (κ2) is 7.35. The summed E-state index contributed by atoms with van der Waals surface area (Å²) < 4.78 is 4.68. The van der Waals surface area contributed by atoms with E-state index in [4.69, 9.17) is 12.2 Å². The van der Waals surface area contributed by atoms with Crippen molar-refractivity contribution in [1.29, 1.82) is 0 Å². The molecule has 0 atom stereocenters. The minimum atomic E-state index is 0.00816. The van der Waals surface area contributed by atoms with Gasteiger partial charge in [0, 0.05) is 0 Å². The maximum Gasteiger partial charge on any atom is 0.261 e. The topological polar surface area (TPSA) is 26.4 Å². The second-order valence-electron chi connectivity index (χ2n) is 7.62. The number of nitrogens with zero attached hydrogens (tertiary/aromatic N) is 2. The molecule has 3 aromatic carbocycles. The van der Waals surface area contributed by atoms with Crippen molar-refractivity contribution in [1.82, 2.24) is 8.97 Å². The highest BCUT2D eigenvalue weighted by molar-refractivity contribution is 7.73. The van der Waals surface area contributed by atoms with E-state index in [1.165, 1.54) is 11.1 Å². The summed E-state index contributed by atoms with van der Waals surface area (Å²) in [6.45, 7) is 4.65. The average molecular weight is 429 g/mol. The van der Waals surface area contributed by atoms with Crippen LogP contribution in [-0.4, -0.2) is 8.97 Å². The fraction of sp³-hybridized carbons (Fsp3) is 0.120. The number of rotatable bonds is 3. The number of fused-ring (bicyclic) bond motifs is 3. The van der Waals surface area contributed by atoms with Crippen LogP contribution in [0.25, 0.3) is 27.0 Å². The molecule has 2 aromatic heterocycles. The van der Waals surface area contributed by atoms with Gasteiger partial charge < -0.3 is 0 Å². The summed E-state index contributed by atoms with van der Waals surface area (Å²) in [4.78, 5) is 14.6. The Bertz CT molecular complexity index is 1540. The van der Waals surface area contributed by atoms with Crippen molar-refractivity contribution in [2.24, 2.45) is 0 Å². The number of para-hydroxylation sites is 1. The van der Waals surface area contributed by atoms with Gasteiger partial charge in [0.05, 0.1) is 22.3 Å². The van der Waals surface area contributed by atoms with Crippen molar-refractivity contribution in [2.45, 2.75) is 20.4 Å². The van der Waals surface area contributed by atoms with E-state index in [2.05, 4.69) is 54.6 Å². The van der Waals surface area contributed by atoms with Crippen LogP contribution in [0, 0.1) is 17.8 Å². The van der Waals surface area contributed by atoms with Crippen molar-refractivity contribution in [3.8, 4) is 10.4 Å². The van der Waals surface area contributed by atoms with Gasteiger partial charge in [-0.25, -0.2) is 0 Å². The maximum absolute atomic E-state index is 13.6. The molecule has 0 aliphatic carbocycles. The van der Waals surface area contributed by atoms with Gasteiger partial charge in [-0.3, -0.25) is 13.8 Å². The first kappa shape index (κ1) is 19.0. The Balaban J connectivity index is 1.92. The quantitative estimate of drug-likeness (QED) is 0.312. The summed E-state index contributed by atoms with van der Waals surface area (Å²) in [5, 5.41) is 0.683. The fourth-order valence-electron chi connectivity index (χ4n) is 4.03. The zero-order valence-electron chi connectivity index (χ0n) is 16.8. The molecule has 5 heteroatoms. The monoisotopic (exact) mass is 428 g/mol. The maximum atomic E-state index is 13.6. The molecule has 0 unspecified atom stereocenters. The van der Waals surface area contributed by atoms with Crippen LogP contribution in [0.1, 0.15) is 16.7 Å². The average Bonchev–Trinajstić information content (AvgIpc) is 3.08. The van der Waals surface area contributed by atoms with Crippen LogP contribution in [0.3, 0.4) is 0 Å². The van der Waals surface area contributed by atoms with Crippen LogP contribution in [0.4, 0.5) is 0 Å². The Labute approximate surface area is 183 Å². The summed E-state index contributed by atoms with van der Waals surface area (Å²) in [6.07, 6.45) is 0. The first-order chi connectivity index (χ1) is 14.5. The van der Waals surface area contributed by atoms with E-state index >= 15 is 0 Å². The van der Waals surface area contributed by atoms with E-state index in [1.807, 2.05) is 41.0 Å². The smallest absolute Gasteiger partial charge is 0.261 e. The molecule has 0 amide bonds. The Kier molecular flexibility index (Phi) is 4.65. The van der Waals surface area contributed by atoms with Crippen LogP contribution in [-0.2, 0) is 6.54 Å². The van der Waals surface area contributed by atoms with Crippen molar-refractivity contribution >= 4 is 40.1 Å². The number of thiazole rings is 1. The number of hydrogen-bond acceptors (Lipinski definition) is 3. The molecule has 2 heterocycles. The van der Waals surface area contributed by atoms with Gasteiger partial charge in [-0.05, 0) is 49.3 Å². The molecule has 30 heavy (non-hydrogen) atoms. The molecule has 3 nitrogen and oxygen atoms in total. The van der Waals surface area contributed by atoms with Crippen LogP contribution < -0.4 is 5.56 Å². The van der Waals surface area contributed by atoms with Crippen LogP contribution >= 0.6 is 23.6 Å². The van der Waals surface area contributed by atoms with Crippen LogP contribution in [0.5, 0.6) is 0 Å². The Morgan fingerprint density at radius 1 is 0.900 bits per heavy atom. The van der Waals surface area contributed by atoms with Gasteiger partial charge in [-0.2, -0.15) is 0 Å². The highest BCUT2D eigenvalue weighted by atomic mass is 32.1. The molecule has 0 N–H and O–H groups in total. The molecule has 0 radical (unpaired) electrons. The van der Waals surface area contributed by atoms with E-state index in [-0.39, 0.29) is 5.56 Å². The summed E-state index contributed by atoms with van der Waals surface area (Å²) in [5.74, 6) is 0. The molecular weight excluding hydrogens is 408 g/mol. The molecule has 0 saturated heterocycles. The zero-order valence-corrected chi connectivity index (χ0v) is 18.4. The molecule has 0 spiro atoms. The first-order valence-electron chi connectivity index (χ1n) is 9.82. The lowest BCUT2D eigenvalue weighted by molar-refractivity contribution is 0.780. The van der Waals surface area contributed by atoms with Gasteiger partial charge in [-0.1, -0.05) is 71.8 Å². The molecular formula is C25H20N2OS2. The SMILES string of the molecule is Cc1cccc(Cn2c(=O)c3ccccc3n3c(=S)sc(-c4cccc(C)c4)c23)c1. The minimum absolute atomic E-state index is 0.00816. The molecule has 0 saturated carbocycles. The lowest BCUT2D eigenvalue weighted by Crippen LogP contribution is -2.23. The second-order valence-corrected chi connectivity index (χ2v) is 9.27. The van der Waals surface area contributed by atoms with E-state index in [0.717, 1.165) is 31.1 Å². The molecule has 0 aliphatic heterocycles. The molecule has 0 bridgehead atoms. The Morgan fingerprint density at radius 2 is 1.63 bits per heavy atom. The van der Waals surface area contributed by atoms with Gasteiger partial charge in [0.1, 0.15) is 5.65 Å². The lowest BCUT2D eigenvalue weighted by atomic mass is 10.1. The Morgan fingerprint density at radius 3 is 2.40 bits per heavy atom. The molecule has 5 rings (SSSR count). The van der Waals surface area contributed by atoms with Gasteiger partial charge in [0.2, 0.25) is 0 Å². The van der Waals surface area contributed by atoms with Crippen LogP contribution in [0.2, 0.25) is 0 Å². The fourth-order valence-corrected chi connectivity index (χ4v) is 5.45. The van der Waals surface area contributed by atoms with E-state index in [9.17, 15) is 4.79 Å². The van der Waals surface area contributed by atoms with E-state index in [1.54, 1.807) is 11.3 Å². The largest absolute Gasteiger partial charge is 0.288 e. The predicted octanol–water partition coefficient (Wildman–Crippen LogP) is 6.38. The van der Waals surface area contributed by atoms with Crippen molar-refractivity contribution in [2.75, 3.05) is 0 Å². The minimum Gasteiger partial charge on any atom is -0.288 e. The van der Waals surface area contributed by atoms with Crippen molar-refractivity contribution in [3.05, 3.63) is 104 Å². The van der Waals surface area contributed by atoms with E-state index < -0.39 is 0 Å². The third-order valence-corrected chi connectivity index (χ3v) is 6.78. The highest BCUT2D eigenvalue weighted by Gasteiger charge is 2.18. The number of benzene rings is 3.